The Morgan fingerprint density at radius 1 is 1.33 bits per heavy atom. The van der Waals surface area contributed by atoms with E-state index in [1.54, 1.807) is 7.11 Å². The Hall–Kier alpha value is -1.68. The van der Waals surface area contributed by atoms with E-state index in [0.29, 0.717) is 18.1 Å². The van der Waals surface area contributed by atoms with Gasteiger partial charge in [0.05, 0.1) is 24.3 Å². The van der Waals surface area contributed by atoms with Gasteiger partial charge in [0.1, 0.15) is 5.75 Å². The molecule has 0 N–H and O–H groups in total. The summed E-state index contributed by atoms with van der Waals surface area (Å²) in [5.74, 6) is 0.624. The van der Waals surface area contributed by atoms with Crippen LogP contribution in [0.15, 0.2) is 24.4 Å². The lowest BCUT2D eigenvalue weighted by Gasteiger charge is -2.08. The number of aryl methyl sites for hydroxylation is 1. The van der Waals surface area contributed by atoms with Gasteiger partial charge in [0, 0.05) is 30.6 Å². The van der Waals surface area contributed by atoms with Crippen LogP contribution in [0.1, 0.15) is 26.2 Å². The molecule has 0 bridgehead atoms. The molecule has 2 rings (SSSR count). The van der Waals surface area contributed by atoms with E-state index in [2.05, 4.69) is 4.57 Å². The fourth-order valence-electron chi connectivity index (χ4n) is 2.32. The normalized spacial score (nSPS) is 10.8. The van der Waals surface area contributed by atoms with Crippen LogP contribution in [0.4, 0.5) is 0 Å². The topological polar surface area (TPSA) is 40.5 Å². The van der Waals surface area contributed by atoms with E-state index in [9.17, 15) is 4.79 Å². The third-order valence-corrected chi connectivity index (χ3v) is 3.70. The average Bonchev–Trinajstić information content (AvgIpc) is 2.87. The maximum atomic E-state index is 11.3. The fraction of sp³-hybridized carbons (Fsp3) is 0.438. The number of carbonyl (C=O) groups excluding carboxylic acids is 1. The monoisotopic (exact) mass is 309 g/mol. The van der Waals surface area contributed by atoms with Crippen LogP contribution in [0.2, 0.25) is 5.02 Å². The quantitative estimate of drug-likeness (QED) is 0.572. The first-order chi connectivity index (χ1) is 10.2. The van der Waals surface area contributed by atoms with E-state index in [1.165, 1.54) is 0 Å². The Bertz CT molecular complexity index is 621. The lowest BCUT2D eigenvalue weighted by Crippen LogP contribution is -2.04. The minimum atomic E-state index is -0.125. The number of ether oxygens (including phenoxy) is 2. The number of hydrogen-bond donors (Lipinski definition) is 0. The van der Waals surface area contributed by atoms with Crippen LogP contribution in [0.3, 0.4) is 0 Å². The second-order valence-corrected chi connectivity index (χ2v) is 5.22. The summed E-state index contributed by atoms with van der Waals surface area (Å²) in [5, 5.41) is 1.71. The SMILES string of the molecule is CCOC(=O)CCCCn1ccc2c(Cl)cc(OC)cc21. The van der Waals surface area contributed by atoms with Gasteiger partial charge in [-0.3, -0.25) is 4.79 Å². The zero-order chi connectivity index (χ0) is 15.2. The van der Waals surface area contributed by atoms with Gasteiger partial charge in [-0.2, -0.15) is 0 Å². The summed E-state index contributed by atoms with van der Waals surface area (Å²) in [5.41, 5.74) is 1.05. The maximum absolute atomic E-state index is 11.3. The molecule has 0 aliphatic rings. The lowest BCUT2D eigenvalue weighted by atomic mass is 10.2. The number of methoxy groups -OCH3 is 1. The third kappa shape index (κ3) is 3.91. The van der Waals surface area contributed by atoms with Crippen molar-refractivity contribution < 1.29 is 14.3 Å². The smallest absolute Gasteiger partial charge is 0.305 e. The van der Waals surface area contributed by atoms with Gasteiger partial charge in [0.15, 0.2) is 0 Å². The highest BCUT2D eigenvalue weighted by atomic mass is 35.5. The zero-order valence-corrected chi connectivity index (χ0v) is 13.2. The molecule has 0 saturated heterocycles. The van der Waals surface area contributed by atoms with Crippen LogP contribution in [0, 0.1) is 0 Å². The van der Waals surface area contributed by atoms with Gasteiger partial charge in [-0.1, -0.05) is 11.6 Å². The molecule has 0 unspecified atom stereocenters. The summed E-state index contributed by atoms with van der Waals surface area (Å²) in [4.78, 5) is 11.3. The van der Waals surface area contributed by atoms with Crippen molar-refractivity contribution in [2.45, 2.75) is 32.7 Å². The molecular formula is C16H20ClNO3. The summed E-state index contributed by atoms with van der Waals surface area (Å²) < 4.78 is 12.3. The number of unbranched alkanes of at least 4 members (excludes halogenated alkanes) is 1. The Balaban J connectivity index is 1.99. The Morgan fingerprint density at radius 2 is 2.14 bits per heavy atom. The van der Waals surface area contributed by atoms with E-state index in [-0.39, 0.29) is 5.97 Å². The van der Waals surface area contributed by atoms with Gasteiger partial charge < -0.3 is 14.0 Å². The van der Waals surface area contributed by atoms with Crippen LogP contribution >= 0.6 is 11.6 Å². The van der Waals surface area contributed by atoms with Crippen LogP contribution < -0.4 is 4.74 Å². The summed E-state index contributed by atoms with van der Waals surface area (Å²) in [6.07, 6.45) is 4.21. The van der Waals surface area contributed by atoms with Crippen molar-refractivity contribution in [2.24, 2.45) is 0 Å². The van der Waals surface area contributed by atoms with Crippen molar-refractivity contribution in [1.29, 1.82) is 0 Å². The molecule has 0 radical (unpaired) electrons. The van der Waals surface area contributed by atoms with E-state index in [1.807, 2.05) is 31.3 Å². The minimum Gasteiger partial charge on any atom is -0.497 e. The predicted molar refractivity (Wildman–Crippen MR) is 84.0 cm³/mol. The zero-order valence-electron chi connectivity index (χ0n) is 12.4. The standard InChI is InChI=1S/C16H20ClNO3/c1-3-21-16(19)6-4-5-8-18-9-7-13-14(17)10-12(20-2)11-15(13)18/h7,9-11H,3-6,8H2,1-2H3. The summed E-state index contributed by atoms with van der Waals surface area (Å²) >= 11 is 6.24. The first-order valence-electron chi connectivity index (χ1n) is 7.13. The molecule has 0 amide bonds. The van der Waals surface area contributed by atoms with Gasteiger partial charge >= 0.3 is 5.97 Å². The first-order valence-corrected chi connectivity index (χ1v) is 7.51. The largest absolute Gasteiger partial charge is 0.497 e. The number of hydrogen-bond acceptors (Lipinski definition) is 3. The Morgan fingerprint density at radius 3 is 2.86 bits per heavy atom. The number of nitrogens with zero attached hydrogens (tertiary/aromatic N) is 1. The number of halogens is 1. The number of carbonyl (C=O) groups is 1. The van der Waals surface area contributed by atoms with Gasteiger partial charge in [0.2, 0.25) is 0 Å². The second-order valence-electron chi connectivity index (χ2n) is 4.81. The maximum Gasteiger partial charge on any atom is 0.305 e. The molecule has 1 aromatic heterocycles. The molecule has 0 atom stereocenters. The molecule has 114 valence electrons. The Labute approximate surface area is 129 Å². The summed E-state index contributed by atoms with van der Waals surface area (Å²) in [7, 11) is 1.63. The number of aromatic nitrogens is 1. The molecule has 5 heteroatoms. The van der Waals surface area contributed by atoms with Gasteiger partial charge in [-0.25, -0.2) is 0 Å². The highest BCUT2D eigenvalue weighted by molar-refractivity contribution is 6.35. The van der Waals surface area contributed by atoms with E-state index in [4.69, 9.17) is 21.1 Å². The molecule has 21 heavy (non-hydrogen) atoms. The highest BCUT2D eigenvalue weighted by Gasteiger charge is 2.08. The number of benzene rings is 1. The van der Waals surface area contributed by atoms with Crippen molar-refractivity contribution in [1.82, 2.24) is 4.57 Å². The van der Waals surface area contributed by atoms with E-state index < -0.39 is 0 Å². The van der Waals surface area contributed by atoms with Crippen molar-refractivity contribution in [3.05, 3.63) is 29.4 Å². The van der Waals surface area contributed by atoms with Gasteiger partial charge in [-0.15, -0.1) is 0 Å². The van der Waals surface area contributed by atoms with E-state index in [0.717, 1.165) is 36.0 Å². The fourth-order valence-corrected chi connectivity index (χ4v) is 2.59. The summed E-state index contributed by atoms with van der Waals surface area (Å²) in [6, 6.07) is 5.80. The molecule has 4 nitrogen and oxygen atoms in total. The molecule has 1 aromatic carbocycles. The predicted octanol–water partition coefficient (Wildman–Crippen LogP) is 4.04. The summed E-state index contributed by atoms with van der Waals surface area (Å²) in [6.45, 7) is 3.10. The van der Waals surface area contributed by atoms with Crippen molar-refractivity contribution in [3.8, 4) is 5.75 Å². The first kappa shape index (κ1) is 15.7. The molecule has 0 spiro atoms. The molecule has 0 aliphatic heterocycles. The van der Waals surface area contributed by atoms with Crippen molar-refractivity contribution >= 4 is 28.5 Å². The van der Waals surface area contributed by atoms with Gasteiger partial charge in [-0.05, 0) is 31.9 Å². The van der Waals surface area contributed by atoms with E-state index >= 15 is 0 Å². The second kappa shape index (κ2) is 7.36. The molecule has 1 heterocycles. The Kier molecular flexibility index (Phi) is 5.51. The highest BCUT2D eigenvalue weighted by Crippen LogP contribution is 2.30. The van der Waals surface area contributed by atoms with Crippen LogP contribution in [0.25, 0.3) is 10.9 Å². The number of rotatable bonds is 7. The molecule has 0 fully saturated rings. The molecule has 2 aromatic rings. The third-order valence-electron chi connectivity index (χ3n) is 3.38. The molecular weight excluding hydrogens is 290 g/mol. The van der Waals surface area contributed by atoms with Crippen LogP contribution in [0.5, 0.6) is 5.75 Å². The number of esters is 1. The van der Waals surface area contributed by atoms with Crippen LogP contribution in [-0.2, 0) is 16.1 Å². The average molecular weight is 310 g/mol. The van der Waals surface area contributed by atoms with Gasteiger partial charge in [0.25, 0.3) is 0 Å². The molecule has 0 aliphatic carbocycles. The van der Waals surface area contributed by atoms with Crippen LogP contribution in [-0.4, -0.2) is 24.3 Å². The minimum absolute atomic E-state index is 0.125. The lowest BCUT2D eigenvalue weighted by molar-refractivity contribution is -0.143. The number of fused-ring (bicyclic) bond motifs is 1. The molecule has 0 saturated carbocycles. The van der Waals surface area contributed by atoms with Crippen molar-refractivity contribution in [3.63, 3.8) is 0 Å². The van der Waals surface area contributed by atoms with Crippen molar-refractivity contribution in [2.75, 3.05) is 13.7 Å².